The molecule has 3 atom stereocenters. The van der Waals surface area contributed by atoms with Crippen LogP contribution in [0.15, 0.2) is 0 Å². The molecule has 2 amide bonds. The first kappa shape index (κ1) is 28.6. The summed E-state index contributed by atoms with van der Waals surface area (Å²) in [7, 11) is -5.79. The number of hydrogen-bond donors (Lipinski definition) is 5. The van der Waals surface area contributed by atoms with Gasteiger partial charge in [0.1, 0.15) is 0 Å². The number of thioether (sulfide) groups is 1. The molecule has 13 nitrogen and oxygen atoms in total. The minimum absolute atomic E-state index is 0.137. The third-order valence-corrected chi connectivity index (χ3v) is 8.59. The van der Waals surface area contributed by atoms with Gasteiger partial charge in [-0.05, 0) is 20.0 Å². The Bertz CT molecular complexity index is 641. The van der Waals surface area contributed by atoms with Crippen molar-refractivity contribution in [2.75, 3.05) is 65.7 Å². The van der Waals surface area contributed by atoms with E-state index in [1.54, 1.807) is 7.05 Å². The second-order valence-electron chi connectivity index (χ2n) is 6.47. The van der Waals surface area contributed by atoms with Gasteiger partial charge >= 0.3 is 14.7 Å². The van der Waals surface area contributed by atoms with Crippen molar-refractivity contribution in [1.82, 2.24) is 20.9 Å². The Morgan fingerprint density at radius 3 is 2.55 bits per heavy atom. The summed E-state index contributed by atoms with van der Waals surface area (Å²) >= 11 is 0.854. The molecule has 180 valence electrons. The topological polar surface area (TPSA) is 176 Å². The SMILES string of the molecule is CNCC(=O)NCB1OCCN(CCCSC(=O)NC([PH](=O)O)P(=O)(O)OC)CCO1. The fourth-order valence-electron chi connectivity index (χ4n) is 2.54. The van der Waals surface area contributed by atoms with Crippen LogP contribution in [0.1, 0.15) is 6.42 Å². The Morgan fingerprint density at radius 2 is 2.00 bits per heavy atom. The lowest BCUT2D eigenvalue weighted by Crippen LogP contribution is -2.46. The van der Waals surface area contributed by atoms with Gasteiger partial charge in [-0.1, -0.05) is 11.8 Å². The van der Waals surface area contributed by atoms with Crippen molar-refractivity contribution in [3.05, 3.63) is 0 Å². The zero-order chi connectivity index (χ0) is 23.3. The minimum Gasteiger partial charge on any atom is -0.409 e. The summed E-state index contributed by atoms with van der Waals surface area (Å²) in [4.78, 5) is 44.2. The van der Waals surface area contributed by atoms with Crippen LogP contribution < -0.4 is 16.0 Å². The van der Waals surface area contributed by atoms with Gasteiger partial charge in [0.05, 0.1) is 13.0 Å². The molecule has 31 heavy (non-hydrogen) atoms. The Labute approximate surface area is 186 Å². The third kappa shape index (κ3) is 11.8. The van der Waals surface area contributed by atoms with E-state index < -0.39 is 33.5 Å². The number of carbonyl (C=O) groups is 2. The second kappa shape index (κ2) is 15.4. The summed E-state index contributed by atoms with van der Waals surface area (Å²) < 4.78 is 38.5. The Hall–Kier alpha value is -0.465. The monoisotopic (exact) mass is 504 g/mol. The minimum atomic E-state index is -4.41. The van der Waals surface area contributed by atoms with Gasteiger partial charge in [0.15, 0.2) is 0 Å². The van der Waals surface area contributed by atoms with Gasteiger partial charge in [0.2, 0.25) is 19.5 Å². The lowest BCUT2D eigenvalue weighted by atomic mass is 9.90. The Kier molecular flexibility index (Phi) is 14.2. The molecule has 1 saturated heterocycles. The third-order valence-electron chi connectivity index (χ3n) is 4.15. The number of amides is 2. The van der Waals surface area contributed by atoms with E-state index in [0.29, 0.717) is 45.0 Å². The van der Waals surface area contributed by atoms with E-state index in [4.69, 9.17) is 9.31 Å². The van der Waals surface area contributed by atoms with E-state index >= 15 is 0 Å². The number of nitrogens with zero attached hydrogens (tertiary/aromatic N) is 1. The molecule has 3 unspecified atom stereocenters. The summed E-state index contributed by atoms with van der Waals surface area (Å²) in [6.45, 7) is 3.08. The number of hydrogen-bond acceptors (Lipinski definition) is 10. The van der Waals surface area contributed by atoms with E-state index in [9.17, 15) is 28.5 Å². The molecular weight excluding hydrogens is 473 g/mol. The standard InChI is InChI=1S/C14H31BN4O9P2S/c1-16-10-12(20)17-11-15-27-7-5-19(6-8-28-15)4-3-9-31-13(21)18-14(29(22)23)30(24,25)26-2/h14,16,29H,3-11H2,1-2H3,(H,17,20)(H,18,21)(H,22,23)(H,24,25). The maximum atomic E-state index is 11.9. The molecule has 0 aromatic rings. The molecule has 0 aliphatic carbocycles. The fourth-order valence-corrected chi connectivity index (χ4v) is 5.57. The number of carbonyl (C=O) groups excluding carboxylic acids is 2. The van der Waals surface area contributed by atoms with Crippen molar-refractivity contribution < 1.29 is 42.3 Å². The van der Waals surface area contributed by atoms with Gasteiger partial charge in [0, 0.05) is 39.2 Å². The molecule has 0 radical (unpaired) electrons. The van der Waals surface area contributed by atoms with Gasteiger partial charge < -0.3 is 39.6 Å². The van der Waals surface area contributed by atoms with Crippen molar-refractivity contribution in [1.29, 1.82) is 0 Å². The highest BCUT2D eigenvalue weighted by Gasteiger charge is 2.37. The fraction of sp³-hybridized carbons (Fsp3) is 0.857. The molecule has 1 rings (SSSR count). The van der Waals surface area contributed by atoms with Crippen molar-refractivity contribution in [3.63, 3.8) is 0 Å². The lowest BCUT2D eigenvalue weighted by molar-refractivity contribution is -0.120. The zero-order valence-electron chi connectivity index (χ0n) is 17.6. The normalized spacial score (nSPS) is 19.5. The van der Waals surface area contributed by atoms with Gasteiger partial charge in [-0.2, -0.15) is 0 Å². The summed E-state index contributed by atoms with van der Waals surface area (Å²) in [5.41, 5.74) is -1.83. The molecule has 0 saturated carbocycles. The van der Waals surface area contributed by atoms with Crippen LogP contribution in [0.3, 0.4) is 0 Å². The van der Waals surface area contributed by atoms with E-state index in [-0.39, 0.29) is 18.9 Å². The smallest absolute Gasteiger partial charge is 0.409 e. The molecule has 0 aromatic carbocycles. The van der Waals surface area contributed by atoms with Crippen LogP contribution in [0.5, 0.6) is 0 Å². The van der Waals surface area contributed by atoms with Crippen LogP contribution in [0, 0.1) is 0 Å². The van der Waals surface area contributed by atoms with Crippen LogP contribution in [0.4, 0.5) is 4.79 Å². The molecular formula is C14H31BN4O9P2S. The highest BCUT2D eigenvalue weighted by atomic mass is 32.2. The van der Waals surface area contributed by atoms with Crippen LogP contribution in [-0.2, 0) is 27.8 Å². The second-order valence-corrected chi connectivity index (χ2v) is 11.3. The van der Waals surface area contributed by atoms with Gasteiger partial charge in [-0.3, -0.25) is 23.6 Å². The van der Waals surface area contributed by atoms with E-state index in [1.165, 1.54) is 0 Å². The first-order valence-electron chi connectivity index (χ1n) is 9.60. The molecule has 1 aliphatic rings. The number of rotatable bonds is 12. The van der Waals surface area contributed by atoms with E-state index in [0.717, 1.165) is 18.9 Å². The average Bonchev–Trinajstić information content (AvgIpc) is 2.69. The first-order chi connectivity index (χ1) is 14.7. The summed E-state index contributed by atoms with van der Waals surface area (Å²) in [5, 5.41) is 6.88. The van der Waals surface area contributed by atoms with Crippen LogP contribution in [0.2, 0.25) is 0 Å². The van der Waals surface area contributed by atoms with Crippen LogP contribution in [0.25, 0.3) is 0 Å². The van der Waals surface area contributed by atoms with E-state index in [2.05, 4.69) is 25.4 Å². The molecule has 17 heteroatoms. The maximum Gasteiger partial charge on any atom is 0.477 e. The number of nitrogens with one attached hydrogen (secondary N) is 3. The van der Waals surface area contributed by atoms with E-state index in [1.807, 2.05) is 0 Å². The average molecular weight is 504 g/mol. The zero-order valence-corrected chi connectivity index (χ0v) is 20.3. The Balaban J connectivity index is 2.26. The summed E-state index contributed by atoms with van der Waals surface area (Å²) in [6, 6.07) is 0. The highest BCUT2D eigenvalue weighted by molar-refractivity contribution is 8.13. The maximum absolute atomic E-state index is 11.9. The molecule has 1 aliphatic heterocycles. The molecule has 0 aromatic heterocycles. The largest absolute Gasteiger partial charge is 0.477 e. The van der Waals surface area contributed by atoms with Gasteiger partial charge in [0.25, 0.3) is 5.24 Å². The van der Waals surface area contributed by atoms with Crippen LogP contribution >= 0.6 is 27.4 Å². The van der Waals surface area contributed by atoms with Crippen molar-refractivity contribution >= 4 is 45.7 Å². The van der Waals surface area contributed by atoms with Crippen molar-refractivity contribution in [3.8, 4) is 0 Å². The van der Waals surface area contributed by atoms with Crippen LogP contribution in [-0.4, -0.2) is 104 Å². The molecule has 5 N–H and O–H groups in total. The molecule has 1 fully saturated rings. The molecule has 0 bridgehead atoms. The summed E-state index contributed by atoms with van der Waals surface area (Å²) in [6.07, 6.45) is 0.916. The Morgan fingerprint density at radius 1 is 1.35 bits per heavy atom. The highest BCUT2D eigenvalue weighted by Crippen LogP contribution is 2.54. The van der Waals surface area contributed by atoms with Crippen molar-refractivity contribution in [2.24, 2.45) is 0 Å². The quantitative estimate of drug-likeness (QED) is 0.126. The lowest BCUT2D eigenvalue weighted by Gasteiger charge is -2.27. The number of likely N-dealkylation sites (N-methyl/N-ethyl adjacent to an activating group) is 1. The predicted molar refractivity (Wildman–Crippen MR) is 118 cm³/mol. The summed E-state index contributed by atoms with van der Waals surface area (Å²) in [5.74, 6) is 0.271. The molecule has 0 spiro atoms. The van der Waals surface area contributed by atoms with Crippen molar-refractivity contribution in [2.45, 2.75) is 11.9 Å². The van der Waals surface area contributed by atoms with Gasteiger partial charge in [-0.25, -0.2) is 0 Å². The first-order valence-corrected chi connectivity index (χ1v) is 13.7. The molecule has 1 heterocycles. The predicted octanol–water partition coefficient (Wildman–Crippen LogP) is -0.886. The van der Waals surface area contributed by atoms with Gasteiger partial charge in [-0.15, -0.1) is 0 Å².